The van der Waals surface area contributed by atoms with Crippen LogP contribution in [0.2, 0.25) is 0 Å². The number of amides is 1. The Kier molecular flexibility index (Phi) is 8.12. The first-order valence-corrected chi connectivity index (χ1v) is 17.9. The van der Waals surface area contributed by atoms with Crippen molar-refractivity contribution in [2.75, 3.05) is 5.32 Å². The Morgan fingerprint density at radius 2 is 1.50 bits per heavy atom. The second-order valence-corrected chi connectivity index (χ2v) is 17.3. The van der Waals surface area contributed by atoms with Gasteiger partial charge in [-0.05, 0) is 109 Å². The van der Waals surface area contributed by atoms with Crippen LogP contribution < -0.4 is 5.32 Å². The molecule has 1 aromatic carbocycles. The minimum absolute atomic E-state index is 0.0237. The van der Waals surface area contributed by atoms with Crippen LogP contribution in [0.4, 0.5) is 5.69 Å². The van der Waals surface area contributed by atoms with Crippen LogP contribution in [0.3, 0.4) is 0 Å². The Morgan fingerprint density at radius 3 is 2.15 bits per heavy atom. The number of hydrogen-bond acceptors (Lipinski definition) is 5. The van der Waals surface area contributed by atoms with E-state index in [0.29, 0.717) is 30.1 Å². The Morgan fingerprint density at radius 1 is 0.826 bits per heavy atom. The number of rotatable bonds is 4. The predicted molar refractivity (Wildman–Crippen MR) is 181 cm³/mol. The molecule has 0 aromatic heterocycles. The molecule has 5 aliphatic rings. The van der Waals surface area contributed by atoms with Gasteiger partial charge in [-0.3, -0.25) is 14.4 Å². The minimum Gasteiger partial charge on any atom is -0.459 e. The number of carbonyl (C=O) groups is 3. The molecule has 6 nitrogen and oxygen atoms in total. The van der Waals surface area contributed by atoms with Crippen LogP contribution in [0, 0.1) is 56.7 Å². The van der Waals surface area contributed by atoms with Crippen LogP contribution in [-0.4, -0.2) is 30.1 Å². The van der Waals surface area contributed by atoms with Crippen molar-refractivity contribution in [2.45, 2.75) is 126 Å². The number of para-hydroxylation sites is 1. The topological polar surface area (TPSA) is 81.7 Å². The second kappa shape index (κ2) is 11.2. The van der Waals surface area contributed by atoms with E-state index in [-0.39, 0.29) is 45.4 Å². The first-order chi connectivity index (χ1) is 21.5. The molecule has 0 saturated heterocycles. The van der Waals surface area contributed by atoms with Crippen LogP contribution in [-0.2, 0) is 23.9 Å². The summed E-state index contributed by atoms with van der Waals surface area (Å²) in [6.45, 7) is 19.7. The molecule has 4 saturated carbocycles. The van der Waals surface area contributed by atoms with Crippen molar-refractivity contribution in [2.24, 2.45) is 56.7 Å². The van der Waals surface area contributed by atoms with E-state index in [9.17, 15) is 14.4 Å². The highest BCUT2D eigenvalue weighted by Crippen LogP contribution is 2.76. The number of benzene rings is 1. The molecule has 1 aromatic rings. The van der Waals surface area contributed by atoms with Gasteiger partial charge < -0.3 is 14.8 Å². The zero-order chi connectivity index (χ0) is 33.4. The zero-order valence-corrected chi connectivity index (χ0v) is 29.7. The van der Waals surface area contributed by atoms with Crippen LogP contribution >= 0.6 is 0 Å². The van der Waals surface area contributed by atoms with E-state index in [1.54, 1.807) is 0 Å². The van der Waals surface area contributed by atoms with Gasteiger partial charge in [-0.25, -0.2) is 0 Å². The van der Waals surface area contributed by atoms with Gasteiger partial charge in [0.2, 0.25) is 5.91 Å². The molecule has 0 bridgehead atoms. The van der Waals surface area contributed by atoms with Crippen LogP contribution in [0.5, 0.6) is 0 Å². The van der Waals surface area contributed by atoms with Crippen LogP contribution in [0.25, 0.3) is 0 Å². The number of hydrogen-bond donors (Lipinski definition) is 1. The summed E-state index contributed by atoms with van der Waals surface area (Å²) >= 11 is 0. The van der Waals surface area contributed by atoms with Crippen molar-refractivity contribution in [1.82, 2.24) is 0 Å². The highest BCUT2D eigenvalue weighted by atomic mass is 16.6. The van der Waals surface area contributed by atoms with Gasteiger partial charge in [0.1, 0.15) is 12.2 Å². The lowest BCUT2D eigenvalue weighted by Crippen LogP contribution is -2.68. The molecule has 5 aliphatic carbocycles. The van der Waals surface area contributed by atoms with Crippen LogP contribution in [0.15, 0.2) is 42.0 Å². The lowest BCUT2D eigenvalue weighted by molar-refractivity contribution is -0.244. The van der Waals surface area contributed by atoms with E-state index in [1.807, 2.05) is 30.3 Å². The molecule has 0 spiro atoms. The van der Waals surface area contributed by atoms with E-state index >= 15 is 0 Å². The molecular weight excluding hydrogens is 574 g/mol. The summed E-state index contributed by atoms with van der Waals surface area (Å²) in [4.78, 5) is 39.1. The van der Waals surface area contributed by atoms with Gasteiger partial charge in [0.05, 0.1) is 5.41 Å². The molecular formula is C40H57NO5. The van der Waals surface area contributed by atoms with Crippen molar-refractivity contribution in [3.05, 3.63) is 42.0 Å². The summed E-state index contributed by atoms with van der Waals surface area (Å²) in [5.74, 6) is 1.44. The third-order valence-electron chi connectivity index (χ3n) is 15.0. The number of allylic oxidation sites excluding steroid dienone is 2. The van der Waals surface area contributed by atoms with Crippen molar-refractivity contribution < 1.29 is 23.9 Å². The first-order valence-electron chi connectivity index (χ1n) is 17.9. The van der Waals surface area contributed by atoms with Crippen LogP contribution in [0.1, 0.15) is 114 Å². The molecule has 11 atom stereocenters. The molecule has 4 fully saturated rings. The Labute approximate surface area is 276 Å². The summed E-state index contributed by atoms with van der Waals surface area (Å²) in [5, 5.41) is 3.36. The minimum atomic E-state index is -0.474. The lowest BCUT2D eigenvalue weighted by Gasteiger charge is -2.71. The fourth-order valence-corrected chi connectivity index (χ4v) is 12.5. The van der Waals surface area contributed by atoms with E-state index in [0.717, 1.165) is 50.6 Å². The molecule has 0 unspecified atom stereocenters. The largest absolute Gasteiger partial charge is 0.459 e. The molecule has 0 aliphatic heterocycles. The summed E-state index contributed by atoms with van der Waals surface area (Å²) in [5.41, 5.74) is 1.54. The molecule has 0 heterocycles. The molecule has 1 N–H and O–H groups in total. The summed E-state index contributed by atoms with van der Waals surface area (Å²) < 4.78 is 12.0. The van der Waals surface area contributed by atoms with Gasteiger partial charge in [-0.15, -0.1) is 0 Å². The predicted octanol–water partition coefficient (Wildman–Crippen LogP) is 8.76. The number of fused-ring (bicyclic) bond motifs is 7. The van der Waals surface area contributed by atoms with Gasteiger partial charge in [-0.2, -0.15) is 0 Å². The average molecular weight is 632 g/mol. The molecule has 46 heavy (non-hydrogen) atoms. The molecule has 6 heteroatoms. The quantitative estimate of drug-likeness (QED) is 0.265. The molecule has 0 radical (unpaired) electrons. The number of carbonyl (C=O) groups excluding carboxylic acids is 3. The van der Waals surface area contributed by atoms with Crippen molar-refractivity contribution in [1.29, 1.82) is 0 Å². The molecule has 252 valence electrons. The summed E-state index contributed by atoms with van der Waals surface area (Å²) in [7, 11) is 0. The number of anilines is 1. The highest BCUT2D eigenvalue weighted by Gasteiger charge is 2.71. The fourth-order valence-electron chi connectivity index (χ4n) is 12.5. The molecule has 1 amide bonds. The van der Waals surface area contributed by atoms with Gasteiger partial charge in [0.15, 0.2) is 0 Å². The number of ether oxygens (including phenoxy) is 2. The normalized spacial score (nSPS) is 44.2. The first kappa shape index (κ1) is 33.3. The third-order valence-corrected chi connectivity index (χ3v) is 15.0. The van der Waals surface area contributed by atoms with Gasteiger partial charge in [0.25, 0.3) is 0 Å². The van der Waals surface area contributed by atoms with Crippen molar-refractivity contribution in [3.63, 3.8) is 0 Å². The van der Waals surface area contributed by atoms with Gasteiger partial charge in [0, 0.05) is 24.9 Å². The molecule has 6 rings (SSSR count). The van der Waals surface area contributed by atoms with Crippen molar-refractivity contribution in [3.8, 4) is 0 Å². The highest BCUT2D eigenvalue weighted by molar-refractivity contribution is 5.96. The number of nitrogens with one attached hydrogen (secondary N) is 1. The van der Waals surface area contributed by atoms with Crippen molar-refractivity contribution >= 4 is 23.5 Å². The Balaban J connectivity index is 1.41. The summed E-state index contributed by atoms with van der Waals surface area (Å²) in [6.07, 6.45) is 9.35. The monoisotopic (exact) mass is 631 g/mol. The van der Waals surface area contributed by atoms with E-state index in [1.165, 1.54) is 19.4 Å². The van der Waals surface area contributed by atoms with E-state index in [4.69, 9.17) is 9.47 Å². The van der Waals surface area contributed by atoms with Gasteiger partial charge in [-0.1, -0.05) is 78.3 Å². The third kappa shape index (κ3) is 4.73. The van der Waals surface area contributed by atoms with E-state index < -0.39 is 17.6 Å². The second-order valence-electron chi connectivity index (χ2n) is 17.3. The maximum absolute atomic E-state index is 14.4. The summed E-state index contributed by atoms with van der Waals surface area (Å²) in [6, 6.07) is 9.96. The number of esters is 2. The lowest BCUT2D eigenvalue weighted by atomic mass is 9.33. The Bertz CT molecular complexity index is 1420. The average Bonchev–Trinajstić information content (AvgIpc) is 2.97. The standard InChI is InChI=1S/C40H57NO5/c1-24-17-20-40(35(44)41-28-13-11-10-12-14-28)22-21-38(8)29(33(40)25(24)2)15-16-32-37(7)23-30(45-26(3)42)34(46-27(4)43)36(5,6)31(37)18-19-39(32,38)9/h10-15,24-25,30-34H,16-23H2,1-9H3,(H,41,44)/t24-,25+,30+,31+,32-,33+,34+,37+,38-,39-,40+/m1/s1. The fraction of sp³-hybridized carbons (Fsp3) is 0.725. The zero-order valence-electron chi connectivity index (χ0n) is 29.7. The van der Waals surface area contributed by atoms with E-state index in [2.05, 4.69) is 59.9 Å². The Hall–Kier alpha value is -2.63. The smallest absolute Gasteiger partial charge is 0.303 e. The maximum atomic E-state index is 14.4. The SMILES string of the molecule is CC(=O)O[C@H]1C[C@]2(C)[C@H]3CC=C4[C@@H]5[C@@H](C)[C@H](C)CC[C@]5(C(=O)Nc5ccccc5)CC[C@@]4(C)[C@]3(C)CC[C@H]2C(C)(C)[C@H]1OC(C)=O. The maximum Gasteiger partial charge on any atom is 0.303 e. The van der Waals surface area contributed by atoms with Gasteiger partial charge >= 0.3 is 11.9 Å².